The average Bonchev–Trinajstić information content (AvgIpc) is 2.85. The molecular formula is C14H19ClN2O. The number of carbonyl (C=O) groups excluding carboxylic acids is 1. The van der Waals surface area contributed by atoms with Crippen molar-refractivity contribution >= 4 is 17.5 Å². The lowest BCUT2D eigenvalue weighted by Gasteiger charge is -2.16. The van der Waals surface area contributed by atoms with Crippen molar-refractivity contribution in [2.24, 2.45) is 5.92 Å². The number of halogens is 1. The molecular weight excluding hydrogens is 248 g/mol. The van der Waals surface area contributed by atoms with Crippen LogP contribution in [0, 0.1) is 5.92 Å². The van der Waals surface area contributed by atoms with Crippen molar-refractivity contribution in [2.75, 3.05) is 13.1 Å². The first kappa shape index (κ1) is 13.3. The summed E-state index contributed by atoms with van der Waals surface area (Å²) in [5, 5.41) is 0.406. The molecule has 4 heteroatoms. The van der Waals surface area contributed by atoms with Crippen LogP contribution in [0.15, 0.2) is 12.1 Å². The van der Waals surface area contributed by atoms with E-state index in [4.69, 9.17) is 11.6 Å². The summed E-state index contributed by atoms with van der Waals surface area (Å²) in [6.07, 6.45) is 3.04. The second-order valence-corrected chi connectivity index (χ2v) is 5.22. The highest BCUT2D eigenvalue weighted by molar-refractivity contribution is 6.29. The minimum Gasteiger partial charge on any atom is -0.338 e. The summed E-state index contributed by atoms with van der Waals surface area (Å²) >= 11 is 5.95. The van der Waals surface area contributed by atoms with Crippen LogP contribution in [-0.2, 0) is 6.42 Å². The van der Waals surface area contributed by atoms with Crippen LogP contribution >= 0.6 is 11.6 Å². The first-order valence-corrected chi connectivity index (χ1v) is 6.97. The van der Waals surface area contributed by atoms with Gasteiger partial charge in [0.1, 0.15) is 5.15 Å². The van der Waals surface area contributed by atoms with Crippen molar-refractivity contribution in [3.05, 3.63) is 28.5 Å². The largest absolute Gasteiger partial charge is 0.338 e. The molecule has 1 atom stereocenters. The van der Waals surface area contributed by atoms with Gasteiger partial charge in [0, 0.05) is 24.3 Å². The van der Waals surface area contributed by atoms with Gasteiger partial charge in [-0.05, 0) is 30.9 Å². The van der Waals surface area contributed by atoms with Crippen LogP contribution in [0.4, 0.5) is 0 Å². The Morgan fingerprint density at radius 3 is 2.89 bits per heavy atom. The topological polar surface area (TPSA) is 33.2 Å². The smallest absolute Gasteiger partial charge is 0.254 e. The fraction of sp³-hybridized carbons (Fsp3) is 0.571. The molecule has 0 saturated carbocycles. The number of aromatic nitrogens is 1. The Hall–Kier alpha value is -1.09. The molecule has 1 aliphatic rings. The molecule has 0 bridgehead atoms. The van der Waals surface area contributed by atoms with Crippen LogP contribution in [0.1, 0.15) is 42.7 Å². The molecule has 0 spiro atoms. The second-order valence-electron chi connectivity index (χ2n) is 4.84. The molecule has 3 nitrogen and oxygen atoms in total. The number of likely N-dealkylation sites (tertiary alicyclic amines) is 1. The molecule has 1 saturated heterocycles. The third kappa shape index (κ3) is 2.83. The van der Waals surface area contributed by atoms with E-state index in [-0.39, 0.29) is 5.91 Å². The average molecular weight is 267 g/mol. The van der Waals surface area contributed by atoms with Gasteiger partial charge >= 0.3 is 0 Å². The Balaban J connectivity index is 2.16. The van der Waals surface area contributed by atoms with Crippen LogP contribution in [-0.4, -0.2) is 28.9 Å². The normalized spacial score (nSPS) is 19.3. The zero-order valence-corrected chi connectivity index (χ0v) is 11.7. The molecule has 1 aromatic heterocycles. The Kier molecular flexibility index (Phi) is 4.23. The Morgan fingerprint density at radius 1 is 1.50 bits per heavy atom. The van der Waals surface area contributed by atoms with Crippen LogP contribution < -0.4 is 0 Å². The van der Waals surface area contributed by atoms with E-state index in [9.17, 15) is 4.79 Å². The van der Waals surface area contributed by atoms with Gasteiger partial charge in [-0.3, -0.25) is 4.79 Å². The van der Waals surface area contributed by atoms with Crippen molar-refractivity contribution in [3.8, 4) is 0 Å². The highest BCUT2D eigenvalue weighted by atomic mass is 35.5. The van der Waals surface area contributed by atoms with Crippen molar-refractivity contribution < 1.29 is 4.79 Å². The summed E-state index contributed by atoms with van der Waals surface area (Å²) in [6.45, 7) is 5.92. The van der Waals surface area contributed by atoms with E-state index in [1.807, 2.05) is 17.9 Å². The minimum atomic E-state index is 0.0879. The standard InChI is InChI=1S/C14H19ClN2O/c1-3-10-5-6-17(9-10)14(18)11-7-12(4-2)16-13(15)8-11/h7-8,10H,3-6,9H2,1-2H3. The van der Waals surface area contributed by atoms with Gasteiger partial charge in [0.25, 0.3) is 5.91 Å². The quantitative estimate of drug-likeness (QED) is 0.788. The van der Waals surface area contributed by atoms with Crippen LogP contribution in [0.3, 0.4) is 0 Å². The minimum absolute atomic E-state index is 0.0879. The third-order valence-corrected chi connectivity index (χ3v) is 3.80. The summed E-state index contributed by atoms with van der Waals surface area (Å²) in [4.78, 5) is 18.5. The fourth-order valence-electron chi connectivity index (χ4n) is 2.39. The first-order valence-electron chi connectivity index (χ1n) is 6.59. The van der Waals surface area contributed by atoms with Crippen molar-refractivity contribution in [3.63, 3.8) is 0 Å². The zero-order valence-electron chi connectivity index (χ0n) is 10.9. The zero-order chi connectivity index (χ0) is 13.1. The van der Waals surface area contributed by atoms with Gasteiger partial charge in [-0.15, -0.1) is 0 Å². The molecule has 1 fully saturated rings. The van der Waals surface area contributed by atoms with Crippen LogP contribution in [0.2, 0.25) is 5.15 Å². The van der Waals surface area contributed by atoms with E-state index in [1.165, 1.54) is 0 Å². The number of pyridine rings is 1. The Labute approximate surface area is 113 Å². The number of aryl methyl sites for hydroxylation is 1. The first-order chi connectivity index (χ1) is 8.63. The van der Waals surface area contributed by atoms with Gasteiger partial charge in [-0.1, -0.05) is 31.9 Å². The highest BCUT2D eigenvalue weighted by Crippen LogP contribution is 2.22. The second kappa shape index (κ2) is 5.70. The SMILES string of the molecule is CCc1cc(C(=O)N2CCC(CC)C2)cc(Cl)n1. The predicted octanol–water partition coefficient (Wildman–Crippen LogP) is 3.17. The maximum Gasteiger partial charge on any atom is 0.254 e. The molecule has 1 aromatic rings. The predicted molar refractivity (Wildman–Crippen MR) is 72.9 cm³/mol. The summed E-state index contributed by atoms with van der Waals surface area (Å²) in [5.74, 6) is 0.738. The Morgan fingerprint density at radius 2 is 2.28 bits per heavy atom. The number of hydrogen-bond donors (Lipinski definition) is 0. The van der Waals surface area contributed by atoms with Crippen molar-refractivity contribution in [2.45, 2.75) is 33.1 Å². The maximum atomic E-state index is 12.4. The molecule has 2 heterocycles. The lowest BCUT2D eigenvalue weighted by Crippen LogP contribution is -2.28. The van der Waals surface area contributed by atoms with E-state index in [2.05, 4.69) is 11.9 Å². The van der Waals surface area contributed by atoms with E-state index >= 15 is 0 Å². The molecule has 2 rings (SSSR count). The molecule has 1 unspecified atom stereocenters. The summed E-state index contributed by atoms with van der Waals surface area (Å²) in [5.41, 5.74) is 1.54. The fourth-order valence-corrected chi connectivity index (χ4v) is 2.61. The van der Waals surface area contributed by atoms with Gasteiger partial charge in [0.05, 0.1) is 0 Å². The van der Waals surface area contributed by atoms with E-state index in [0.717, 1.165) is 38.0 Å². The lowest BCUT2D eigenvalue weighted by molar-refractivity contribution is 0.0786. The third-order valence-electron chi connectivity index (χ3n) is 3.61. The van der Waals surface area contributed by atoms with Crippen LogP contribution in [0.5, 0.6) is 0 Å². The van der Waals surface area contributed by atoms with Gasteiger partial charge in [0.15, 0.2) is 0 Å². The number of nitrogens with zero attached hydrogens (tertiary/aromatic N) is 2. The molecule has 0 N–H and O–H groups in total. The van der Waals surface area contributed by atoms with Crippen molar-refractivity contribution in [1.29, 1.82) is 0 Å². The van der Waals surface area contributed by atoms with Gasteiger partial charge < -0.3 is 4.90 Å². The number of amides is 1. The molecule has 0 aliphatic carbocycles. The summed E-state index contributed by atoms with van der Waals surface area (Å²) in [6, 6.07) is 3.52. The molecule has 0 radical (unpaired) electrons. The van der Waals surface area contributed by atoms with Gasteiger partial charge in [-0.2, -0.15) is 0 Å². The highest BCUT2D eigenvalue weighted by Gasteiger charge is 2.26. The van der Waals surface area contributed by atoms with Gasteiger partial charge in [0.2, 0.25) is 0 Å². The number of carbonyl (C=O) groups is 1. The molecule has 0 aromatic carbocycles. The molecule has 98 valence electrons. The van der Waals surface area contributed by atoms with Crippen molar-refractivity contribution in [1.82, 2.24) is 9.88 Å². The molecule has 1 amide bonds. The lowest BCUT2D eigenvalue weighted by atomic mass is 10.1. The van der Waals surface area contributed by atoms with E-state index < -0.39 is 0 Å². The summed E-state index contributed by atoms with van der Waals surface area (Å²) < 4.78 is 0. The summed E-state index contributed by atoms with van der Waals surface area (Å²) in [7, 11) is 0. The number of hydrogen-bond acceptors (Lipinski definition) is 2. The maximum absolute atomic E-state index is 12.4. The van der Waals surface area contributed by atoms with Crippen LogP contribution in [0.25, 0.3) is 0 Å². The molecule has 1 aliphatic heterocycles. The van der Waals surface area contributed by atoms with E-state index in [0.29, 0.717) is 16.6 Å². The molecule has 18 heavy (non-hydrogen) atoms. The number of rotatable bonds is 3. The Bertz CT molecular complexity index is 447. The van der Waals surface area contributed by atoms with E-state index in [1.54, 1.807) is 6.07 Å². The van der Waals surface area contributed by atoms with Gasteiger partial charge in [-0.25, -0.2) is 4.98 Å². The monoisotopic (exact) mass is 266 g/mol.